The Morgan fingerprint density at radius 1 is 0.196 bits per heavy atom. The van der Waals surface area contributed by atoms with Gasteiger partial charge in [0.2, 0.25) is 0 Å². The van der Waals surface area contributed by atoms with Crippen LogP contribution in [0.15, 0.2) is 280 Å². The fourth-order valence-corrected chi connectivity index (χ4v) is 17.3. The van der Waals surface area contributed by atoms with E-state index in [0.717, 1.165) is 135 Å². The van der Waals surface area contributed by atoms with Gasteiger partial charge in [-0.25, -0.2) is 29.9 Å². The molecule has 0 bridgehead atoms. The van der Waals surface area contributed by atoms with Crippen LogP contribution >= 0.6 is 0 Å². The first kappa shape index (κ1) is 60.9. The zero-order valence-electron chi connectivity index (χ0n) is 58.1. The van der Waals surface area contributed by atoms with E-state index >= 15 is 0 Å². The second-order valence-electron chi connectivity index (χ2n) is 29.9. The van der Waals surface area contributed by atoms with Crippen molar-refractivity contribution in [1.29, 1.82) is 0 Å². The molecule has 8 nitrogen and oxygen atoms in total. The van der Waals surface area contributed by atoms with E-state index in [-0.39, 0.29) is 21.7 Å². The van der Waals surface area contributed by atoms with Crippen LogP contribution in [-0.4, -0.2) is 39.9 Å². The second-order valence-corrected chi connectivity index (χ2v) is 29.9. The number of pyridine rings is 2. The van der Waals surface area contributed by atoms with Crippen LogP contribution in [0.4, 0.5) is 0 Å². The van der Waals surface area contributed by atoms with Gasteiger partial charge in [-0.05, 0) is 108 Å². The number of fused-ring (bicyclic) bond motifs is 12. The molecule has 19 rings (SSSR count). The number of hydrogen-bond acceptors (Lipinski definition) is 8. The van der Waals surface area contributed by atoms with Crippen LogP contribution in [0.25, 0.3) is 157 Å². The molecule has 5 aromatic heterocycles. The van der Waals surface area contributed by atoms with Crippen molar-refractivity contribution in [3.63, 3.8) is 0 Å². The van der Waals surface area contributed by atoms with E-state index in [1.54, 1.807) is 6.20 Å². The van der Waals surface area contributed by atoms with Crippen molar-refractivity contribution in [3.8, 4) is 157 Å². The molecule has 0 saturated heterocycles. The van der Waals surface area contributed by atoms with Gasteiger partial charge in [0.1, 0.15) is 0 Å². The molecule has 0 saturated carbocycles. The first-order chi connectivity index (χ1) is 49.6. The summed E-state index contributed by atoms with van der Waals surface area (Å²) in [5.41, 5.74) is 35.1. The summed E-state index contributed by atoms with van der Waals surface area (Å²) in [7, 11) is 0. The summed E-state index contributed by atoms with van der Waals surface area (Å²) in [6, 6.07) is 92.0. The summed E-state index contributed by atoms with van der Waals surface area (Å²) in [5, 5.41) is 0. The molecular weight excluding hydrogens is 1240 g/mol. The zero-order valence-corrected chi connectivity index (χ0v) is 58.1. The van der Waals surface area contributed by atoms with E-state index in [2.05, 4.69) is 297 Å². The van der Waals surface area contributed by atoms with E-state index in [9.17, 15) is 0 Å². The van der Waals surface area contributed by atoms with Crippen molar-refractivity contribution in [3.05, 3.63) is 324 Å². The number of nitrogens with zero attached hydrogens (tertiary/aromatic N) is 8. The van der Waals surface area contributed by atoms with Crippen molar-refractivity contribution in [2.75, 3.05) is 0 Å². The lowest BCUT2D eigenvalue weighted by molar-refractivity contribution is 0.657. The normalized spacial score (nSPS) is 14.6. The van der Waals surface area contributed by atoms with E-state index in [0.29, 0.717) is 11.6 Å². The van der Waals surface area contributed by atoms with Gasteiger partial charge in [0.25, 0.3) is 0 Å². The minimum Gasteiger partial charge on any atom is -0.264 e. The molecule has 4 aliphatic carbocycles. The topological polar surface area (TPSA) is 103 Å². The molecule has 0 unspecified atom stereocenters. The fourth-order valence-electron chi connectivity index (χ4n) is 17.3. The number of rotatable bonds is 10. The van der Waals surface area contributed by atoms with Gasteiger partial charge in [0.15, 0.2) is 17.5 Å². The molecule has 0 spiro atoms. The molecule has 8 heteroatoms. The summed E-state index contributed by atoms with van der Waals surface area (Å²) in [5.74, 6) is 2.04. The van der Waals surface area contributed by atoms with Gasteiger partial charge >= 0.3 is 0 Å². The predicted octanol–water partition coefficient (Wildman–Crippen LogP) is 22.7. The standard InChI is InChI=1S/C94H70N8/c1-91(2)74-31-15-12-26-71(74)85-79(91)82(97-89(101-85)65-25-20-48-95-52-65)59-42-38-56(39-43-59)55-34-36-58(37-35-55)63-46-47-69-70-30-19-29-68(78(70)94(7,8)77(69)51-63)66-50-67(54-96-53-66)90-98-83(80-86(102-90)72-27-13-16-32-75(72)92(80,3)4)60-44-40-57(41-45-60)62-23-18-24-64(49-62)84-81-87(73-28-14-17-33-76(73)93(81,5)6)100-88(99-84)61-21-10-9-11-22-61/h9-54H,1-8H3. The summed E-state index contributed by atoms with van der Waals surface area (Å²) in [4.78, 5) is 41.8. The van der Waals surface area contributed by atoms with E-state index in [1.807, 2.05) is 36.8 Å². The molecule has 0 fully saturated rings. The van der Waals surface area contributed by atoms with Crippen LogP contribution in [0.5, 0.6) is 0 Å². The van der Waals surface area contributed by atoms with Crippen LogP contribution in [0.3, 0.4) is 0 Å². The van der Waals surface area contributed by atoms with Gasteiger partial charge in [-0.3, -0.25) is 9.97 Å². The Bertz CT molecular complexity index is 5970. The van der Waals surface area contributed by atoms with Crippen LogP contribution in [0.2, 0.25) is 0 Å². The Labute approximate surface area is 594 Å². The lowest BCUT2D eigenvalue weighted by atomic mass is 9.78. The quantitative estimate of drug-likeness (QED) is 0.133. The molecule has 4 aliphatic rings. The molecule has 0 atom stereocenters. The molecular formula is C94H70N8. The first-order valence-electron chi connectivity index (χ1n) is 35.3. The lowest BCUT2D eigenvalue weighted by Crippen LogP contribution is -2.17. The van der Waals surface area contributed by atoms with Crippen LogP contribution < -0.4 is 0 Å². The first-order valence-corrected chi connectivity index (χ1v) is 35.3. The molecule has 15 aromatic rings. The maximum absolute atomic E-state index is 5.62. The Hall–Kier alpha value is -12.3. The smallest absolute Gasteiger partial charge is 0.162 e. The van der Waals surface area contributed by atoms with Gasteiger partial charge in [-0.15, -0.1) is 0 Å². The van der Waals surface area contributed by atoms with Crippen molar-refractivity contribution in [2.45, 2.75) is 77.0 Å². The van der Waals surface area contributed by atoms with Crippen molar-refractivity contribution in [1.82, 2.24) is 39.9 Å². The molecule has 0 amide bonds. The third-order valence-electron chi connectivity index (χ3n) is 22.4. The third-order valence-corrected chi connectivity index (χ3v) is 22.4. The van der Waals surface area contributed by atoms with Gasteiger partial charge in [0.05, 0.1) is 34.2 Å². The largest absolute Gasteiger partial charge is 0.264 e. The Morgan fingerprint density at radius 3 is 1.08 bits per heavy atom. The molecule has 102 heavy (non-hydrogen) atoms. The Morgan fingerprint density at radius 2 is 0.549 bits per heavy atom. The van der Waals surface area contributed by atoms with Crippen molar-refractivity contribution >= 4 is 0 Å². The van der Waals surface area contributed by atoms with E-state index < -0.39 is 0 Å². The number of aromatic nitrogens is 8. The monoisotopic (exact) mass is 1310 g/mol. The Balaban J connectivity index is 0.626. The highest BCUT2D eigenvalue weighted by molar-refractivity contribution is 5.93. The summed E-state index contributed by atoms with van der Waals surface area (Å²) in [6.45, 7) is 18.5. The van der Waals surface area contributed by atoms with Gasteiger partial charge < -0.3 is 0 Å². The summed E-state index contributed by atoms with van der Waals surface area (Å²) < 4.78 is 0. The molecule has 10 aromatic carbocycles. The van der Waals surface area contributed by atoms with Crippen LogP contribution in [0, 0.1) is 0 Å². The molecule has 0 radical (unpaired) electrons. The number of benzene rings is 10. The highest BCUT2D eigenvalue weighted by Gasteiger charge is 2.44. The highest BCUT2D eigenvalue weighted by atomic mass is 14.9. The molecule has 486 valence electrons. The molecule has 0 aliphatic heterocycles. The van der Waals surface area contributed by atoms with Gasteiger partial charge in [-0.2, -0.15) is 0 Å². The minimum absolute atomic E-state index is 0.276. The van der Waals surface area contributed by atoms with E-state index in [1.165, 1.54) is 55.6 Å². The second kappa shape index (κ2) is 22.6. The fraction of sp³-hybridized carbons (Fsp3) is 0.128. The number of hydrogen-bond donors (Lipinski definition) is 0. The Kier molecular flexibility index (Phi) is 13.5. The maximum atomic E-state index is 5.62. The molecule has 0 N–H and O–H groups in total. The van der Waals surface area contributed by atoms with E-state index in [4.69, 9.17) is 34.9 Å². The predicted molar refractivity (Wildman–Crippen MR) is 413 cm³/mol. The third kappa shape index (κ3) is 9.35. The van der Waals surface area contributed by atoms with Crippen LogP contribution in [0.1, 0.15) is 99.9 Å². The SMILES string of the molecule is CC1(C)c2cc(-c3ccc(-c4ccc(-c5nc(-c6cccnc6)nc6c5C(C)(C)c5ccccc5-6)cc4)cc3)ccc2-c2cccc(-c3cncc(-c4nc(-c5ccc(-c6cccc(-c7nc(-c8ccccc8)nc8c7C(C)(C)c7ccccc7-8)c6)cc5)c5c(n4)-c4ccccc4C5(C)C)c3)c21. The zero-order chi connectivity index (χ0) is 69.0. The minimum atomic E-state index is -0.362. The maximum Gasteiger partial charge on any atom is 0.162 e. The average molecular weight is 1310 g/mol. The highest BCUT2D eigenvalue weighted by Crippen LogP contribution is 2.57. The van der Waals surface area contributed by atoms with Crippen LogP contribution in [-0.2, 0) is 21.7 Å². The lowest BCUT2D eigenvalue weighted by Gasteiger charge is -2.25. The van der Waals surface area contributed by atoms with Gasteiger partial charge in [-0.1, -0.05) is 280 Å². The molecule has 5 heterocycles. The van der Waals surface area contributed by atoms with Crippen molar-refractivity contribution < 1.29 is 0 Å². The summed E-state index contributed by atoms with van der Waals surface area (Å²) >= 11 is 0. The average Bonchev–Trinajstić information content (AvgIpc) is 1.60. The summed E-state index contributed by atoms with van der Waals surface area (Å²) in [6.07, 6.45) is 7.56. The van der Waals surface area contributed by atoms with Gasteiger partial charge in [0, 0.05) is 119 Å². The van der Waals surface area contributed by atoms with Crippen molar-refractivity contribution in [2.24, 2.45) is 0 Å².